The molecule has 17 heavy (non-hydrogen) atoms. The Morgan fingerprint density at radius 3 is 2.76 bits per heavy atom. The Bertz CT molecular complexity index is 357. The minimum Gasteiger partial charge on any atom is -0.374 e. The second-order valence-corrected chi connectivity index (χ2v) is 4.82. The zero-order valence-electron chi connectivity index (χ0n) is 9.90. The lowest BCUT2D eigenvalue weighted by Crippen LogP contribution is -2.48. The van der Waals surface area contributed by atoms with Crippen LogP contribution in [0.15, 0.2) is 24.3 Å². The van der Waals surface area contributed by atoms with Gasteiger partial charge in [0.25, 0.3) is 0 Å². The lowest BCUT2D eigenvalue weighted by Gasteiger charge is -2.37. The van der Waals surface area contributed by atoms with Crippen LogP contribution in [0.5, 0.6) is 0 Å². The van der Waals surface area contributed by atoms with Crippen LogP contribution >= 0.6 is 11.6 Å². The maximum atomic E-state index is 12.8. The number of ether oxygens (including phenoxy) is 1. The number of hydrogen-bond acceptors (Lipinski definition) is 2. The van der Waals surface area contributed by atoms with Crippen LogP contribution in [0.2, 0.25) is 0 Å². The van der Waals surface area contributed by atoms with Gasteiger partial charge < -0.3 is 4.74 Å². The van der Waals surface area contributed by atoms with E-state index >= 15 is 0 Å². The third-order valence-electron chi connectivity index (χ3n) is 3.11. The average molecular weight is 258 g/mol. The average Bonchev–Trinajstić information content (AvgIpc) is 2.35. The van der Waals surface area contributed by atoms with Gasteiger partial charge in [-0.1, -0.05) is 12.1 Å². The summed E-state index contributed by atoms with van der Waals surface area (Å²) in [5.74, 6) is 0.328. The second kappa shape index (κ2) is 5.80. The molecule has 2 unspecified atom stereocenters. The van der Waals surface area contributed by atoms with E-state index in [-0.39, 0.29) is 11.9 Å². The van der Waals surface area contributed by atoms with Gasteiger partial charge in [-0.15, -0.1) is 11.6 Å². The summed E-state index contributed by atoms with van der Waals surface area (Å²) in [7, 11) is 0. The van der Waals surface area contributed by atoms with Gasteiger partial charge in [0.05, 0.1) is 12.7 Å². The van der Waals surface area contributed by atoms with E-state index in [9.17, 15) is 4.39 Å². The monoisotopic (exact) mass is 257 g/mol. The normalized spacial score (nSPS) is 26.1. The summed E-state index contributed by atoms with van der Waals surface area (Å²) in [4.78, 5) is 2.32. The fourth-order valence-electron chi connectivity index (χ4n) is 2.01. The van der Waals surface area contributed by atoms with Crippen LogP contribution in [-0.2, 0) is 11.3 Å². The molecule has 94 valence electrons. The third-order valence-corrected chi connectivity index (χ3v) is 3.45. The molecule has 2 atom stereocenters. The molecule has 1 aromatic carbocycles. The van der Waals surface area contributed by atoms with Crippen molar-refractivity contribution < 1.29 is 9.13 Å². The molecule has 0 N–H and O–H groups in total. The van der Waals surface area contributed by atoms with Crippen molar-refractivity contribution in [2.75, 3.05) is 19.0 Å². The topological polar surface area (TPSA) is 12.5 Å². The Labute approximate surface area is 106 Å². The number of morpholine rings is 1. The van der Waals surface area contributed by atoms with E-state index in [2.05, 4.69) is 11.8 Å². The van der Waals surface area contributed by atoms with Gasteiger partial charge in [-0.3, -0.25) is 4.90 Å². The second-order valence-electron chi connectivity index (χ2n) is 4.51. The van der Waals surface area contributed by atoms with Crippen LogP contribution in [0.4, 0.5) is 4.39 Å². The summed E-state index contributed by atoms with van der Waals surface area (Å²) in [6, 6.07) is 7.03. The van der Waals surface area contributed by atoms with Crippen molar-refractivity contribution in [3.8, 4) is 0 Å². The molecule has 2 rings (SSSR count). The van der Waals surface area contributed by atoms with Gasteiger partial charge in [-0.05, 0) is 24.6 Å². The van der Waals surface area contributed by atoms with Crippen LogP contribution in [0.25, 0.3) is 0 Å². The first-order valence-corrected chi connectivity index (χ1v) is 6.38. The summed E-state index contributed by atoms with van der Waals surface area (Å²) in [6.45, 7) is 4.49. The van der Waals surface area contributed by atoms with Crippen molar-refractivity contribution in [1.82, 2.24) is 4.90 Å². The minimum absolute atomic E-state index is 0.105. The molecule has 1 aromatic rings. The summed E-state index contributed by atoms with van der Waals surface area (Å²) < 4.78 is 18.4. The number of alkyl halides is 1. The summed E-state index contributed by atoms with van der Waals surface area (Å²) in [5, 5.41) is 0. The molecule has 0 aromatic heterocycles. The standard InChI is InChI=1S/C13H17ClFNO/c1-10-9-17-13(6-14)8-16(10)7-11-2-4-12(15)5-3-11/h2-5,10,13H,6-9H2,1H3. The lowest BCUT2D eigenvalue weighted by atomic mass is 10.1. The highest BCUT2D eigenvalue weighted by molar-refractivity contribution is 6.18. The maximum Gasteiger partial charge on any atom is 0.123 e. The fraction of sp³-hybridized carbons (Fsp3) is 0.538. The van der Waals surface area contributed by atoms with Crippen LogP contribution in [0, 0.1) is 5.82 Å². The zero-order valence-corrected chi connectivity index (χ0v) is 10.7. The Hall–Kier alpha value is -0.640. The van der Waals surface area contributed by atoms with Crippen LogP contribution in [0.1, 0.15) is 12.5 Å². The molecule has 1 aliphatic rings. The van der Waals surface area contributed by atoms with E-state index in [4.69, 9.17) is 16.3 Å². The van der Waals surface area contributed by atoms with Gasteiger partial charge in [0.15, 0.2) is 0 Å². The van der Waals surface area contributed by atoms with Crippen molar-refractivity contribution in [2.45, 2.75) is 25.6 Å². The molecule has 0 radical (unpaired) electrons. The highest BCUT2D eigenvalue weighted by Crippen LogP contribution is 2.16. The molecule has 1 fully saturated rings. The Balaban J connectivity index is 1.98. The molecule has 0 saturated carbocycles. The van der Waals surface area contributed by atoms with E-state index < -0.39 is 0 Å². The van der Waals surface area contributed by atoms with Gasteiger partial charge in [0, 0.05) is 25.0 Å². The van der Waals surface area contributed by atoms with Crippen LogP contribution in [0.3, 0.4) is 0 Å². The first kappa shape index (κ1) is 12.8. The molecular weight excluding hydrogens is 241 g/mol. The molecule has 0 amide bonds. The van der Waals surface area contributed by atoms with E-state index in [1.807, 2.05) is 12.1 Å². The Kier molecular flexibility index (Phi) is 4.37. The van der Waals surface area contributed by atoms with Crippen LogP contribution < -0.4 is 0 Å². The van der Waals surface area contributed by atoms with Crippen molar-refractivity contribution >= 4 is 11.6 Å². The van der Waals surface area contributed by atoms with Crippen molar-refractivity contribution in [1.29, 1.82) is 0 Å². The minimum atomic E-state index is -0.192. The van der Waals surface area contributed by atoms with Crippen molar-refractivity contribution in [3.63, 3.8) is 0 Å². The van der Waals surface area contributed by atoms with Gasteiger partial charge in [0.2, 0.25) is 0 Å². The lowest BCUT2D eigenvalue weighted by molar-refractivity contribution is -0.0510. The SMILES string of the molecule is CC1COC(CCl)CN1Cc1ccc(F)cc1. The number of rotatable bonds is 3. The van der Waals surface area contributed by atoms with Gasteiger partial charge in [-0.2, -0.15) is 0 Å². The summed E-state index contributed by atoms with van der Waals surface area (Å²) in [5.41, 5.74) is 1.12. The van der Waals surface area contributed by atoms with E-state index in [0.717, 1.165) is 18.7 Å². The molecule has 0 bridgehead atoms. The predicted octanol–water partition coefficient (Wildman–Crippen LogP) is 2.65. The van der Waals surface area contributed by atoms with Gasteiger partial charge in [0.1, 0.15) is 5.82 Å². The first-order chi connectivity index (χ1) is 8.19. The third kappa shape index (κ3) is 3.41. The maximum absolute atomic E-state index is 12.8. The molecule has 0 spiro atoms. The summed E-state index contributed by atoms with van der Waals surface area (Å²) in [6.07, 6.45) is 0.105. The predicted molar refractivity (Wildman–Crippen MR) is 66.7 cm³/mol. The molecule has 1 saturated heterocycles. The Morgan fingerprint density at radius 2 is 2.12 bits per heavy atom. The quantitative estimate of drug-likeness (QED) is 0.772. The largest absolute Gasteiger partial charge is 0.374 e. The van der Waals surface area contributed by atoms with Crippen molar-refractivity contribution in [3.05, 3.63) is 35.6 Å². The van der Waals surface area contributed by atoms with Gasteiger partial charge in [-0.25, -0.2) is 4.39 Å². The zero-order chi connectivity index (χ0) is 12.3. The van der Waals surface area contributed by atoms with E-state index in [1.54, 1.807) is 0 Å². The molecule has 2 nitrogen and oxygen atoms in total. The van der Waals surface area contributed by atoms with Crippen molar-refractivity contribution in [2.24, 2.45) is 0 Å². The van der Waals surface area contributed by atoms with E-state index in [0.29, 0.717) is 18.5 Å². The number of hydrogen-bond donors (Lipinski definition) is 0. The van der Waals surface area contributed by atoms with Gasteiger partial charge >= 0.3 is 0 Å². The highest BCUT2D eigenvalue weighted by atomic mass is 35.5. The van der Waals surface area contributed by atoms with Crippen LogP contribution in [-0.4, -0.2) is 36.1 Å². The number of benzene rings is 1. The molecule has 4 heteroatoms. The molecular formula is C13H17ClFNO. The molecule has 1 aliphatic heterocycles. The first-order valence-electron chi connectivity index (χ1n) is 5.85. The fourth-order valence-corrected chi connectivity index (χ4v) is 2.20. The molecule has 0 aliphatic carbocycles. The summed E-state index contributed by atoms with van der Waals surface area (Å²) >= 11 is 5.82. The highest BCUT2D eigenvalue weighted by Gasteiger charge is 2.25. The molecule has 1 heterocycles. The van der Waals surface area contributed by atoms with E-state index in [1.165, 1.54) is 12.1 Å². The Morgan fingerprint density at radius 1 is 1.41 bits per heavy atom. The number of nitrogens with zero attached hydrogens (tertiary/aromatic N) is 1. The smallest absolute Gasteiger partial charge is 0.123 e. The number of halogens is 2.